The van der Waals surface area contributed by atoms with Crippen LogP contribution in [-0.2, 0) is 29.2 Å². The quantitative estimate of drug-likeness (QED) is 0.258. The summed E-state index contributed by atoms with van der Waals surface area (Å²) in [7, 11) is 0. The lowest BCUT2D eigenvalue weighted by atomic mass is 10.0. The van der Waals surface area contributed by atoms with Gasteiger partial charge in [-0.25, -0.2) is 9.78 Å². The van der Waals surface area contributed by atoms with Crippen LogP contribution in [0.4, 0.5) is 4.79 Å². The van der Waals surface area contributed by atoms with Crippen LogP contribution in [0, 0.1) is 0 Å². The van der Waals surface area contributed by atoms with Crippen LogP contribution in [0.25, 0.3) is 22.5 Å². The first-order valence-electron chi connectivity index (χ1n) is 15.3. The number of pyridine rings is 1. The fourth-order valence-corrected chi connectivity index (χ4v) is 6.05. The second-order valence-corrected chi connectivity index (χ2v) is 11.8. The maximum absolute atomic E-state index is 13.5. The molecule has 1 saturated carbocycles. The predicted octanol–water partition coefficient (Wildman–Crippen LogP) is 5.78. The molecule has 2 aromatic heterocycles. The van der Waals surface area contributed by atoms with E-state index in [0.29, 0.717) is 43.8 Å². The third-order valence-corrected chi connectivity index (χ3v) is 8.63. The first-order valence-corrected chi connectivity index (χ1v) is 15.6. The van der Waals surface area contributed by atoms with E-state index in [9.17, 15) is 9.59 Å². The van der Waals surface area contributed by atoms with Gasteiger partial charge in [0.1, 0.15) is 13.2 Å². The lowest BCUT2D eigenvalue weighted by Gasteiger charge is -2.34. The van der Waals surface area contributed by atoms with Gasteiger partial charge in [0.2, 0.25) is 5.91 Å². The number of nitrogens with zero attached hydrogens (tertiary/aromatic N) is 5. The van der Waals surface area contributed by atoms with Gasteiger partial charge in [0, 0.05) is 61.1 Å². The van der Waals surface area contributed by atoms with Crippen LogP contribution < -0.4 is 5.32 Å². The number of carbonyl (C=O) groups excluding carboxylic acids is 2. The lowest BCUT2D eigenvalue weighted by Crippen LogP contribution is -2.51. The third-order valence-electron chi connectivity index (χ3n) is 8.37. The molecule has 0 unspecified atom stereocenters. The van der Waals surface area contributed by atoms with Crippen molar-refractivity contribution in [3.05, 3.63) is 95.5 Å². The molecular weight excluding hydrogens is 576 g/mol. The Balaban J connectivity index is 1.15. The van der Waals surface area contributed by atoms with E-state index in [4.69, 9.17) is 21.3 Å². The summed E-state index contributed by atoms with van der Waals surface area (Å²) in [5, 5.41) is 4.29. The Morgan fingerprint density at radius 3 is 2.36 bits per heavy atom. The summed E-state index contributed by atoms with van der Waals surface area (Å²) >= 11 is 6.18. The zero-order chi connectivity index (χ0) is 30.3. The largest absolute Gasteiger partial charge is 0.445 e. The second kappa shape index (κ2) is 14.1. The van der Waals surface area contributed by atoms with E-state index in [1.165, 1.54) is 25.7 Å². The molecule has 3 heterocycles. The van der Waals surface area contributed by atoms with Crippen molar-refractivity contribution in [1.29, 1.82) is 0 Å². The fraction of sp³-hybridized carbons (Fsp3) is 0.353. The molecule has 1 saturated heterocycles. The smallest absolute Gasteiger partial charge is 0.410 e. The number of nitrogens with one attached hydrogen (secondary N) is 1. The van der Waals surface area contributed by atoms with Gasteiger partial charge < -0.3 is 24.4 Å². The van der Waals surface area contributed by atoms with E-state index in [0.717, 1.165) is 33.8 Å². The van der Waals surface area contributed by atoms with Gasteiger partial charge in [0.15, 0.2) is 0 Å². The summed E-state index contributed by atoms with van der Waals surface area (Å²) in [5.74, 6) is -0.0270. The molecule has 2 aliphatic rings. The molecule has 1 aliphatic carbocycles. The van der Waals surface area contributed by atoms with Crippen LogP contribution in [0.3, 0.4) is 0 Å². The van der Waals surface area contributed by atoms with Gasteiger partial charge >= 0.3 is 6.09 Å². The lowest BCUT2D eigenvalue weighted by molar-refractivity contribution is -0.133. The molecule has 2 fully saturated rings. The Morgan fingerprint density at radius 1 is 0.886 bits per heavy atom. The van der Waals surface area contributed by atoms with Gasteiger partial charge in [-0.2, -0.15) is 0 Å². The van der Waals surface area contributed by atoms with Gasteiger partial charge in [0.25, 0.3) is 0 Å². The van der Waals surface area contributed by atoms with Crippen LogP contribution in [0.1, 0.15) is 36.9 Å². The van der Waals surface area contributed by atoms with Crippen molar-refractivity contribution in [2.45, 2.75) is 51.4 Å². The third kappa shape index (κ3) is 7.29. The van der Waals surface area contributed by atoms with Crippen LogP contribution in [0.2, 0.25) is 5.02 Å². The average Bonchev–Trinajstić information content (AvgIpc) is 3.74. The zero-order valence-electron chi connectivity index (χ0n) is 24.7. The Morgan fingerprint density at radius 2 is 1.61 bits per heavy atom. The highest BCUT2D eigenvalue weighted by Crippen LogP contribution is 2.32. The minimum atomic E-state index is -0.360. The van der Waals surface area contributed by atoms with Crippen LogP contribution >= 0.6 is 11.6 Å². The number of piperazine rings is 1. The summed E-state index contributed by atoms with van der Waals surface area (Å²) in [6.45, 7) is 2.79. The molecule has 4 aromatic rings. The van der Waals surface area contributed by atoms with Crippen molar-refractivity contribution in [3.8, 4) is 22.5 Å². The molecule has 0 spiro atoms. The Hall–Kier alpha value is -4.21. The standard InChI is InChI=1S/C34H37ClN6O3/c35-28-12-10-26(11-13-28)32-33(27-14-15-36-30(20-27)21-37-29-8-4-5-9-29)41(24-38-32)22-31(42)39-16-18-40(19-17-39)34(43)44-23-25-6-2-1-3-7-25/h1-3,6-7,10-15,20,24,29,37H,4-5,8-9,16-19,21-23H2. The summed E-state index contributed by atoms with van der Waals surface area (Å²) in [4.78, 5) is 39.0. The van der Waals surface area contributed by atoms with Crippen molar-refractivity contribution >= 4 is 23.6 Å². The van der Waals surface area contributed by atoms with Crippen molar-refractivity contribution in [3.63, 3.8) is 0 Å². The molecule has 9 nitrogen and oxygen atoms in total. The zero-order valence-corrected chi connectivity index (χ0v) is 25.5. The number of hydrogen-bond acceptors (Lipinski definition) is 6. The number of halogens is 1. The molecule has 6 rings (SSSR count). The van der Waals surface area contributed by atoms with Crippen molar-refractivity contribution in [1.82, 2.24) is 29.7 Å². The number of aromatic nitrogens is 3. The highest BCUT2D eigenvalue weighted by Gasteiger charge is 2.26. The fourth-order valence-electron chi connectivity index (χ4n) is 5.92. The van der Waals surface area contributed by atoms with E-state index in [2.05, 4.69) is 16.4 Å². The number of hydrogen-bond donors (Lipinski definition) is 1. The highest BCUT2D eigenvalue weighted by molar-refractivity contribution is 6.30. The minimum Gasteiger partial charge on any atom is -0.445 e. The number of carbonyl (C=O) groups is 2. The van der Waals surface area contributed by atoms with Gasteiger partial charge in [-0.05, 0) is 42.7 Å². The summed E-state index contributed by atoms with van der Waals surface area (Å²) in [6.07, 6.45) is 8.15. The molecule has 44 heavy (non-hydrogen) atoms. The van der Waals surface area contributed by atoms with E-state index in [-0.39, 0.29) is 25.2 Å². The van der Waals surface area contributed by atoms with Gasteiger partial charge in [-0.3, -0.25) is 9.78 Å². The Bertz CT molecular complexity index is 1560. The van der Waals surface area contributed by atoms with Crippen molar-refractivity contribution in [2.75, 3.05) is 26.2 Å². The van der Waals surface area contributed by atoms with E-state index in [1.54, 1.807) is 16.1 Å². The molecule has 0 atom stereocenters. The maximum Gasteiger partial charge on any atom is 0.410 e. The topological polar surface area (TPSA) is 92.6 Å². The number of ether oxygens (including phenoxy) is 1. The maximum atomic E-state index is 13.5. The Kier molecular flexibility index (Phi) is 9.53. The van der Waals surface area contributed by atoms with Crippen molar-refractivity contribution < 1.29 is 14.3 Å². The SMILES string of the molecule is O=C(Cn1cnc(-c2ccc(Cl)cc2)c1-c1ccnc(CNC2CCCC2)c1)N1CCN(C(=O)OCc2ccccc2)CC1. The van der Waals surface area contributed by atoms with Gasteiger partial charge in [-0.15, -0.1) is 0 Å². The average molecular weight is 613 g/mol. The molecular formula is C34H37ClN6O3. The molecule has 0 bridgehead atoms. The van der Waals surface area contributed by atoms with E-state index < -0.39 is 0 Å². The first kappa shape index (κ1) is 29.8. The number of rotatable bonds is 9. The number of amides is 2. The van der Waals surface area contributed by atoms with E-state index >= 15 is 0 Å². The molecule has 2 amide bonds. The monoisotopic (exact) mass is 612 g/mol. The summed E-state index contributed by atoms with van der Waals surface area (Å²) in [5.41, 5.74) is 5.39. The highest BCUT2D eigenvalue weighted by atomic mass is 35.5. The molecule has 0 radical (unpaired) electrons. The van der Waals surface area contributed by atoms with Crippen LogP contribution in [0.5, 0.6) is 0 Å². The van der Waals surface area contributed by atoms with E-state index in [1.807, 2.05) is 71.4 Å². The molecule has 1 N–H and O–H groups in total. The predicted molar refractivity (Wildman–Crippen MR) is 170 cm³/mol. The summed E-state index contributed by atoms with van der Waals surface area (Å²) < 4.78 is 7.40. The normalized spacial score (nSPS) is 15.5. The summed E-state index contributed by atoms with van der Waals surface area (Å²) in [6, 6.07) is 21.8. The number of benzene rings is 2. The number of imidazole rings is 1. The van der Waals surface area contributed by atoms with Gasteiger partial charge in [-0.1, -0.05) is 66.9 Å². The molecule has 228 valence electrons. The molecule has 1 aliphatic heterocycles. The van der Waals surface area contributed by atoms with Crippen LogP contribution in [-0.4, -0.2) is 68.6 Å². The van der Waals surface area contributed by atoms with Crippen LogP contribution in [0.15, 0.2) is 79.3 Å². The first-order chi connectivity index (χ1) is 21.5. The Labute approximate surface area is 262 Å². The second-order valence-electron chi connectivity index (χ2n) is 11.4. The van der Waals surface area contributed by atoms with Gasteiger partial charge in [0.05, 0.1) is 23.4 Å². The molecule has 2 aromatic carbocycles. The molecule has 10 heteroatoms. The minimum absolute atomic E-state index is 0.0270. The van der Waals surface area contributed by atoms with Crippen molar-refractivity contribution in [2.24, 2.45) is 0 Å².